The van der Waals surface area contributed by atoms with E-state index in [2.05, 4.69) is 9.97 Å². The molecule has 4 nitrogen and oxygen atoms in total. The van der Waals surface area contributed by atoms with Crippen LogP contribution in [0.2, 0.25) is 0 Å². The average molecular weight is 216 g/mol. The lowest BCUT2D eigenvalue weighted by Crippen LogP contribution is -2.13. The van der Waals surface area contributed by atoms with Crippen molar-refractivity contribution in [2.75, 3.05) is 0 Å². The Labute approximate surface area is 92.3 Å². The van der Waals surface area contributed by atoms with Crippen molar-refractivity contribution in [3.63, 3.8) is 0 Å². The third kappa shape index (κ3) is 1.23. The van der Waals surface area contributed by atoms with Crippen LogP contribution in [0, 0.1) is 0 Å². The maximum Gasteiger partial charge on any atom is 0.338 e. The van der Waals surface area contributed by atoms with Gasteiger partial charge in [0.15, 0.2) is 0 Å². The first-order chi connectivity index (χ1) is 7.77. The van der Waals surface area contributed by atoms with Crippen molar-refractivity contribution in [1.82, 2.24) is 9.97 Å². The summed E-state index contributed by atoms with van der Waals surface area (Å²) in [5.41, 5.74) is 1.95. The minimum Gasteiger partial charge on any atom is -0.478 e. The molecule has 1 saturated carbocycles. The van der Waals surface area contributed by atoms with Crippen LogP contribution in [0.5, 0.6) is 0 Å². The summed E-state index contributed by atoms with van der Waals surface area (Å²) in [4.78, 5) is 18.6. The normalized spacial score (nSPS) is 16.2. The van der Waals surface area contributed by atoms with Gasteiger partial charge in [-0.1, -0.05) is 6.42 Å². The number of nitrogens with one attached hydrogen (secondary N) is 1. The van der Waals surface area contributed by atoms with Crippen LogP contribution in [0.15, 0.2) is 18.3 Å². The molecule has 16 heavy (non-hydrogen) atoms. The highest BCUT2D eigenvalue weighted by molar-refractivity contribution is 6.03. The van der Waals surface area contributed by atoms with Gasteiger partial charge in [-0.2, -0.15) is 0 Å². The minimum absolute atomic E-state index is 0.375. The molecule has 3 rings (SSSR count). The second kappa shape index (κ2) is 3.33. The van der Waals surface area contributed by atoms with Crippen molar-refractivity contribution in [2.45, 2.75) is 25.2 Å². The zero-order valence-electron chi connectivity index (χ0n) is 8.73. The SMILES string of the molecule is O=C(O)c1c(C2CCC2)[nH]c2ncccc12. The Kier molecular flexibility index (Phi) is 1.96. The molecule has 0 amide bonds. The Balaban J connectivity index is 2.25. The summed E-state index contributed by atoms with van der Waals surface area (Å²) < 4.78 is 0. The number of pyridine rings is 1. The summed E-state index contributed by atoms with van der Waals surface area (Å²) in [5.74, 6) is -0.485. The van der Waals surface area contributed by atoms with Crippen molar-refractivity contribution in [3.8, 4) is 0 Å². The number of carbonyl (C=O) groups is 1. The number of carboxylic acids is 1. The maximum absolute atomic E-state index is 11.3. The molecular weight excluding hydrogens is 204 g/mol. The van der Waals surface area contributed by atoms with Crippen LogP contribution in [0.3, 0.4) is 0 Å². The Morgan fingerprint density at radius 1 is 1.50 bits per heavy atom. The highest BCUT2D eigenvalue weighted by Gasteiger charge is 2.28. The molecule has 2 heterocycles. The molecule has 0 aromatic carbocycles. The molecule has 0 bridgehead atoms. The van der Waals surface area contributed by atoms with E-state index >= 15 is 0 Å². The number of H-pyrrole nitrogens is 1. The lowest BCUT2D eigenvalue weighted by molar-refractivity contribution is 0.0696. The van der Waals surface area contributed by atoms with Gasteiger partial charge < -0.3 is 10.1 Å². The van der Waals surface area contributed by atoms with E-state index in [4.69, 9.17) is 0 Å². The molecule has 1 aliphatic rings. The van der Waals surface area contributed by atoms with Gasteiger partial charge >= 0.3 is 5.97 Å². The first-order valence-electron chi connectivity index (χ1n) is 5.47. The van der Waals surface area contributed by atoms with Crippen LogP contribution in [-0.4, -0.2) is 21.0 Å². The standard InChI is InChI=1S/C12H12N2O2/c15-12(16)9-8-5-2-6-13-11(8)14-10(9)7-3-1-4-7/h2,5-7H,1,3-4H2,(H,13,14)(H,15,16). The molecular formula is C12H12N2O2. The summed E-state index contributed by atoms with van der Waals surface area (Å²) >= 11 is 0. The van der Waals surface area contributed by atoms with Crippen molar-refractivity contribution in [1.29, 1.82) is 0 Å². The number of rotatable bonds is 2. The minimum atomic E-state index is -0.860. The van der Waals surface area contributed by atoms with Crippen LogP contribution in [0.4, 0.5) is 0 Å². The molecule has 2 N–H and O–H groups in total. The summed E-state index contributed by atoms with van der Waals surface area (Å²) in [6.07, 6.45) is 5.02. The highest BCUT2D eigenvalue weighted by atomic mass is 16.4. The van der Waals surface area contributed by atoms with E-state index < -0.39 is 5.97 Å². The van der Waals surface area contributed by atoms with Crippen LogP contribution in [0.25, 0.3) is 11.0 Å². The van der Waals surface area contributed by atoms with Crippen molar-refractivity contribution >= 4 is 17.0 Å². The van der Waals surface area contributed by atoms with Gasteiger partial charge in [-0.05, 0) is 30.9 Å². The van der Waals surface area contributed by atoms with Crippen LogP contribution >= 0.6 is 0 Å². The Bertz CT molecular complexity index is 555. The molecule has 82 valence electrons. The summed E-state index contributed by atoms with van der Waals surface area (Å²) in [6.45, 7) is 0. The van der Waals surface area contributed by atoms with Crippen molar-refractivity contribution in [2.24, 2.45) is 0 Å². The van der Waals surface area contributed by atoms with E-state index in [-0.39, 0.29) is 0 Å². The zero-order chi connectivity index (χ0) is 11.1. The lowest BCUT2D eigenvalue weighted by atomic mass is 9.81. The number of aromatic carboxylic acids is 1. The molecule has 0 spiro atoms. The monoisotopic (exact) mass is 216 g/mol. The van der Waals surface area contributed by atoms with Crippen LogP contribution < -0.4 is 0 Å². The van der Waals surface area contributed by atoms with Gasteiger partial charge in [-0.15, -0.1) is 0 Å². The molecule has 0 unspecified atom stereocenters. The fourth-order valence-electron chi connectivity index (χ4n) is 2.28. The number of hydrogen-bond acceptors (Lipinski definition) is 2. The van der Waals surface area contributed by atoms with E-state index in [1.807, 2.05) is 6.07 Å². The number of aromatic amines is 1. The van der Waals surface area contributed by atoms with Gasteiger partial charge in [0.2, 0.25) is 0 Å². The fraction of sp³-hybridized carbons (Fsp3) is 0.333. The molecule has 1 fully saturated rings. The smallest absolute Gasteiger partial charge is 0.338 e. The maximum atomic E-state index is 11.3. The third-order valence-corrected chi connectivity index (χ3v) is 3.33. The van der Waals surface area contributed by atoms with E-state index in [1.54, 1.807) is 12.3 Å². The lowest BCUT2D eigenvalue weighted by Gasteiger charge is -2.24. The molecule has 0 atom stereocenters. The molecule has 0 radical (unpaired) electrons. The molecule has 1 aliphatic carbocycles. The van der Waals surface area contributed by atoms with Gasteiger partial charge in [0.1, 0.15) is 5.65 Å². The van der Waals surface area contributed by atoms with Gasteiger partial charge in [0, 0.05) is 17.3 Å². The van der Waals surface area contributed by atoms with E-state index in [9.17, 15) is 9.90 Å². The van der Waals surface area contributed by atoms with E-state index in [1.165, 1.54) is 6.42 Å². The van der Waals surface area contributed by atoms with Crippen molar-refractivity contribution in [3.05, 3.63) is 29.6 Å². The summed E-state index contributed by atoms with van der Waals surface area (Å²) in [6, 6.07) is 3.58. The molecule has 4 heteroatoms. The predicted octanol–water partition coefficient (Wildman–Crippen LogP) is 2.53. The van der Waals surface area contributed by atoms with E-state index in [0.717, 1.165) is 23.9 Å². The molecule has 2 aromatic heterocycles. The molecule has 0 saturated heterocycles. The van der Waals surface area contributed by atoms with Gasteiger partial charge in [-0.25, -0.2) is 9.78 Å². The largest absolute Gasteiger partial charge is 0.478 e. The highest BCUT2D eigenvalue weighted by Crippen LogP contribution is 2.39. The Morgan fingerprint density at radius 2 is 2.31 bits per heavy atom. The Hall–Kier alpha value is -1.84. The Morgan fingerprint density at radius 3 is 2.94 bits per heavy atom. The van der Waals surface area contributed by atoms with Gasteiger partial charge in [-0.3, -0.25) is 0 Å². The number of carboxylic acid groups (broad SMARTS) is 1. The summed E-state index contributed by atoms with van der Waals surface area (Å²) in [7, 11) is 0. The molecule has 0 aliphatic heterocycles. The second-order valence-corrected chi connectivity index (χ2v) is 4.25. The summed E-state index contributed by atoms with van der Waals surface area (Å²) in [5, 5.41) is 9.99. The van der Waals surface area contributed by atoms with Gasteiger partial charge in [0.05, 0.1) is 5.56 Å². The number of fused-ring (bicyclic) bond motifs is 1. The van der Waals surface area contributed by atoms with Crippen LogP contribution in [0.1, 0.15) is 41.2 Å². The third-order valence-electron chi connectivity index (χ3n) is 3.33. The predicted molar refractivity (Wildman–Crippen MR) is 59.6 cm³/mol. The first-order valence-corrected chi connectivity index (χ1v) is 5.47. The van der Waals surface area contributed by atoms with E-state index in [0.29, 0.717) is 17.1 Å². The number of aromatic nitrogens is 2. The number of nitrogens with zero attached hydrogens (tertiary/aromatic N) is 1. The fourth-order valence-corrected chi connectivity index (χ4v) is 2.28. The van der Waals surface area contributed by atoms with Crippen molar-refractivity contribution < 1.29 is 9.90 Å². The number of hydrogen-bond donors (Lipinski definition) is 2. The van der Waals surface area contributed by atoms with Crippen LogP contribution in [-0.2, 0) is 0 Å². The quantitative estimate of drug-likeness (QED) is 0.810. The molecule has 2 aromatic rings. The second-order valence-electron chi connectivity index (χ2n) is 4.25. The topological polar surface area (TPSA) is 66.0 Å². The first kappa shape index (κ1) is 9.39. The van der Waals surface area contributed by atoms with Gasteiger partial charge in [0.25, 0.3) is 0 Å². The average Bonchev–Trinajstić information content (AvgIpc) is 2.53. The zero-order valence-corrected chi connectivity index (χ0v) is 8.73.